The van der Waals surface area contributed by atoms with Crippen molar-refractivity contribution in [1.29, 1.82) is 0 Å². The minimum atomic E-state index is -0.131. The van der Waals surface area contributed by atoms with Crippen LogP contribution >= 0.6 is 90.4 Å². The van der Waals surface area contributed by atoms with E-state index in [1.807, 2.05) is 0 Å². The number of benzene rings is 1. The summed E-state index contributed by atoms with van der Waals surface area (Å²) in [5, 5.41) is 0. The summed E-state index contributed by atoms with van der Waals surface area (Å²) in [5.74, 6) is 0. The van der Waals surface area contributed by atoms with E-state index in [2.05, 4.69) is 103 Å². The molecule has 1 aromatic carbocycles. The van der Waals surface area contributed by atoms with Crippen LogP contribution in [0.3, 0.4) is 0 Å². The van der Waals surface area contributed by atoms with Crippen LogP contribution in [-0.2, 0) is 19.3 Å². The standard InChI is InChI=1S/C14H18I5/c1-9-7-10(8-13(17)18)11(3-5-15)12(4-6-16)14(9)19-2/h7,13H,3-6,8H2,1-2H3/q-1/i2D. The van der Waals surface area contributed by atoms with Crippen molar-refractivity contribution in [2.24, 2.45) is 0 Å². The number of halogens is 5. The fourth-order valence-corrected chi connectivity index (χ4v) is 6.11. The van der Waals surface area contributed by atoms with Gasteiger partial charge in [0, 0.05) is 0 Å². The normalized spacial score (nSPS) is 12.2. The zero-order valence-electron chi connectivity index (χ0n) is 11.8. The Balaban J connectivity index is 3.38. The van der Waals surface area contributed by atoms with E-state index in [1.54, 1.807) is 20.3 Å². The SMILES string of the molecule is [2H]C[I-]c1c(C)cc(CC(I)I)c(CCI)c1CCI. The molecule has 0 unspecified atom stereocenters. The summed E-state index contributed by atoms with van der Waals surface area (Å²) in [5.41, 5.74) is 6.24. The van der Waals surface area contributed by atoms with Crippen molar-refractivity contribution in [3.05, 3.63) is 31.9 Å². The molecule has 5 heteroatoms. The van der Waals surface area contributed by atoms with Crippen molar-refractivity contribution in [2.75, 3.05) is 13.8 Å². The average molecular weight is 822 g/mol. The number of rotatable bonds is 7. The van der Waals surface area contributed by atoms with Gasteiger partial charge in [0.05, 0.1) is 0 Å². The molecule has 0 aromatic heterocycles. The van der Waals surface area contributed by atoms with Gasteiger partial charge in [-0.05, 0) is 0 Å². The molecule has 0 saturated heterocycles. The summed E-state index contributed by atoms with van der Waals surface area (Å²) in [6.45, 7) is 2.26. The number of alkyl halides is 5. The van der Waals surface area contributed by atoms with Gasteiger partial charge in [0.1, 0.15) is 0 Å². The van der Waals surface area contributed by atoms with E-state index in [4.69, 9.17) is 1.37 Å². The predicted molar refractivity (Wildman–Crippen MR) is 117 cm³/mol. The number of hydrogen-bond donors (Lipinski definition) is 0. The van der Waals surface area contributed by atoms with E-state index in [-0.39, 0.29) is 21.2 Å². The molecule has 0 aliphatic rings. The summed E-state index contributed by atoms with van der Waals surface area (Å²) in [6.07, 6.45) is 3.54. The van der Waals surface area contributed by atoms with E-state index in [0.29, 0.717) is 6.84 Å². The Kier molecular flexibility index (Phi) is 10.2. The molecule has 0 N–H and O–H groups in total. The quantitative estimate of drug-likeness (QED) is 0.294. The van der Waals surface area contributed by atoms with E-state index >= 15 is 0 Å². The Bertz CT molecular complexity index is 434. The van der Waals surface area contributed by atoms with Gasteiger partial charge in [0.2, 0.25) is 0 Å². The summed E-state index contributed by atoms with van der Waals surface area (Å²) >= 11 is 9.90. The van der Waals surface area contributed by atoms with Crippen LogP contribution in [0.25, 0.3) is 0 Å². The van der Waals surface area contributed by atoms with E-state index < -0.39 is 0 Å². The topological polar surface area (TPSA) is 0 Å². The molecule has 19 heavy (non-hydrogen) atoms. The Morgan fingerprint density at radius 2 is 1.84 bits per heavy atom. The molecule has 0 saturated carbocycles. The first kappa shape index (κ1) is 18.2. The first-order valence-electron chi connectivity index (χ1n) is 6.68. The second-order valence-electron chi connectivity index (χ2n) is 4.23. The van der Waals surface area contributed by atoms with Crippen LogP contribution in [0.2, 0.25) is 0 Å². The Labute approximate surface area is 183 Å². The molecule has 0 aliphatic carbocycles. The zero-order chi connectivity index (χ0) is 15.1. The maximum absolute atomic E-state index is 7.65. The number of hydrogen-bond acceptors (Lipinski definition) is 0. The van der Waals surface area contributed by atoms with Crippen molar-refractivity contribution < 1.29 is 22.6 Å². The molecule has 0 amide bonds. The Hall–Kier alpha value is 2.87. The van der Waals surface area contributed by atoms with Gasteiger partial charge in [-0.25, -0.2) is 0 Å². The van der Waals surface area contributed by atoms with Crippen LogP contribution < -0.4 is 21.2 Å². The summed E-state index contributed by atoms with van der Waals surface area (Å²) < 4.78 is 12.2. The van der Waals surface area contributed by atoms with E-state index in [9.17, 15) is 0 Å². The van der Waals surface area contributed by atoms with Crippen molar-refractivity contribution in [2.45, 2.75) is 28.1 Å². The van der Waals surface area contributed by atoms with Crippen LogP contribution in [0, 0.1) is 10.5 Å². The minimum absolute atomic E-state index is 0.131. The molecule has 0 bridgehead atoms. The third kappa shape index (κ3) is 6.11. The maximum atomic E-state index is 7.65. The van der Waals surface area contributed by atoms with Gasteiger partial charge in [-0.15, -0.1) is 0 Å². The molecule has 0 radical (unpaired) electrons. The fraction of sp³-hybridized carbons (Fsp3) is 0.571. The van der Waals surface area contributed by atoms with Crippen LogP contribution in [0.15, 0.2) is 6.07 Å². The summed E-state index contributed by atoms with van der Waals surface area (Å²) in [6, 6.07) is 2.42. The van der Waals surface area contributed by atoms with Crippen molar-refractivity contribution in [3.63, 3.8) is 0 Å². The summed E-state index contributed by atoms with van der Waals surface area (Å²) in [4.78, 5) is 0.609. The van der Waals surface area contributed by atoms with Crippen molar-refractivity contribution in [3.8, 4) is 0 Å². The second kappa shape index (κ2) is 10.6. The third-order valence-electron chi connectivity index (χ3n) is 2.95. The third-order valence-corrected chi connectivity index (χ3v) is 7.17. The van der Waals surface area contributed by atoms with Gasteiger partial charge in [-0.3, -0.25) is 0 Å². The fourth-order valence-electron chi connectivity index (χ4n) is 2.27. The van der Waals surface area contributed by atoms with Gasteiger partial charge in [0.15, 0.2) is 0 Å². The first-order chi connectivity index (χ1) is 9.54. The molecular weight excluding hydrogens is 803 g/mol. The first-order valence-corrected chi connectivity index (χ1v) is 14.1. The van der Waals surface area contributed by atoms with Crippen molar-refractivity contribution >= 4 is 90.4 Å². The van der Waals surface area contributed by atoms with Crippen LogP contribution in [0.5, 0.6) is 0 Å². The Morgan fingerprint density at radius 3 is 2.37 bits per heavy atom. The van der Waals surface area contributed by atoms with Crippen LogP contribution in [0.4, 0.5) is 0 Å². The van der Waals surface area contributed by atoms with Crippen molar-refractivity contribution in [1.82, 2.24) is 0 Å². The Morgan fingerprint density at radius 1 is 1.21 bits per heavy atom. The second-order valence-corrected chi connectivity index (χ2v) is 13.6. The predicted octanol–water partition coefficient (Wildman–Crippen LogP) is 2.58. The molecule has 0 nitrogen and oxygen atoms in total. The molecule has 0 spiro atoms. The molecule has 0 aliphatic heterocycles. The van der Waals surface area contributed by atoms with Gasteiger partial charge >= 0.3 is 187 Å². The van der Waals surface area contributed by atoms with Crippen LogP contribution in [-0.4, -0.2) is 15.7 Å². The molecule has 1 aromatic rings. The average Bonchev–Trinajstić information content (AvgIpc) is 2.37. The molecule has 0 heterocycles. The van der Waals surface area contributed by atoms with Gasteiger partial charge in [-0.1, -0.05) is 0 Å². The van der Waals surface area contributed by atoms with Gasteiger partial charge in [-0.2, -0.15) is 0 Å². The van der Waals surface area contributed by atoms with Gasteiger partial charge < -0.3 is 0 Å². The molecule has 0 atom stereocenters. The zero-order valence-corrected chi connectivity index (χ0v) is 21.6. The molecule has 1 rings (SSSR count). The molecule has 110 valence electrons. The number of aryl methyl sites for hydroxylation is 1. The van der Waals surface area contributed by atoms with Crippen LogP contribution in [0.1, 0.15) is 23.6 Å². The summed E-state index contributed by atoms with van der Waals surface area (Å²) in [7, 11) is 0. The van der Waals surface area contributed by atoms with E-state index in [0.717, 1.165) is 0 Å². The molecule has 0 fully saturated rings. The monoisotopic (exact) mass is 822 g/mol. The molecular formula is C14H18I5-. The van der Waals surface area contributed by atoms with Gasteiger partial charge in [0.25, 0.3) is 0 Å². The van der Waals surface area contributed by atoms with E-state index in [1.165, 1.54) is 33.7 Å².